The number of ether oxygens (including phenoxy) is 3. The molecule has 0 N–H and O–H groups in total. The van der Waals surface area contributed by atoms with Crippen molar-refractivity contribution in [3.63, 3.8) is 0 Å². The molecule has 1 aliphatic rings. The Bertz CT molecular complexity index is 973. The molecule has 1 heterocycles. The van der Waals surface area contributed by atoms with E-state index in [4.69, 9.17) is 14.2 Å². The quantitative estimate of drug-likeness (QED) is 0.587. The first-order chi connectivity index (χ1) is 13.5. The molecule has 0 radical (unpaired) electrons. The van der Waals surface area contributed by atoms with Crippen LogP contribution in [0.3, 0.4) is 0 Å². The van der Waals surface area contributed by atoms with Gasteiger partial charge in [0.15, 0.2) is 0 Å². The normalized spacial score (nSPS) is 15.2. The van der Waals surface area contributed by atoms with Crippen molar-refractivity contribution in [2.45, 2.75) is 6.92 Å². The summed E-state index contributed by atoms with van der Waals surface area (Å²) in [5.41, 5.74) is 2.40. The molecule has 144 valence electrons. The summed E-state index contributed by atoms with van der Waals surface area (Å²) < 4.78 is 15.3. The summed E-state index contributed by atoms with van der Waals surface area (Å²) >= 11 is 0. The lowest BCUT2D eigenvalue weighted by atomic mass is 10.0. The van der Waals surface area contributed by atoms with Gasteiger partial charge in [-0.15, -0.1) is 0 Å². The highest BCUT2D eigenvalue weighted by molar-refractivity contribution is 6.23. The largest absolute Gasteiger partial charge is 0.497 e. The zero-order chi connectivity index (χ0) is 20.3. The molecule has 0 fully saturated rings. The Kier molecular flexibility index (Phi) is 5.49. The lowest BCUT2D eigenvalue weighted by Crippen LogP contribution is -2.24. The Balaban J connectivity index is 2.10. The van der Waals surface area contributed by atoms with Crippen LogP contribution in [0.15, 0.2) is 65.4 Å². The Hall–Kier alpha value is -3.54. The number of esters is 1. The number of nitrogens with zero attached hydrogens (tertiary/aromatic N) is 1. The van der Waals surface area contributed by atoms with E-state index in [2.05, 4.69) is 0 Å². The van der Waals surface area contributed by atoms with Gasteiger partial charge in [0.1, 0.15) is 11.5 Å². The summed E-state index contributed by atoms with van der Waals surface area (Å²) in [6, 6.07) is 14.3. The molecule has 0 unspecified atom stereocenters. The highest BCUT2D eigenvalue weighted by atomic mass is 16.5. The Morgan fingerprint density at radius 3 is 2.25 bits per heavy atom. The van der Waals surface area contributed by atoms with E-state index in [1.807, 2.05) is 12.1 Å². The van der Waals surface area contributed by atoms with Crippen molar-refractivity contribution >= 4 is 23.6 Å². The molecule has 2 aromatic carbocycles. The third kappa shape index (κ3) is 3.49. The van der Waals surface area contributed by atoms with Crippen molar-refractivity contribution in [1.29, 1.82) is 0 Å². The molecule has 0 saturated heterocycles. The first-order valence-corrected chi connectivity index (χ1v) is 8.64. The predicted molar refractivity (Wildman–Crippen MR) is 106 cm³/mol. The Labute approximate surface area is 163 Å². The molecule has 0 spiro atoms. The summed E-state index contributed by atoms with van der Waals surface area (Å²) in [6.45, 7) is 1.72. The topological polar surface area (TPSA) is 65.1 Å². The van der Waals surface area contributed by atoms with E-state index in [1.54, 1.807) is 63.6 Å². The number of amides is 1. The van der Waals surface area contributed by atoms with Gasteiger partial charge in [0.2, 0.25) is 0 Å². The molecule has 1 amide bonds. The van der Waals surface area contributed by atoms with Gasteiger partial charge in [0, 0.05) is 11.8 Å². The van der Waals surface area contributed by atoms with Gasteiger partial charge >= 0.3 is 5.97 Å². The molecule has 0 atom stereocenters. The van der Waals surface area contributed by atoms with Crippen molar-refractivity contribution in [2.24, 2.45) is 0 Å². The predicted octanol–water partition coefficient (Wildman–Crippen LogP) is 3.58. The van der Waals surface area contributed by atoms with Crippen LogP contribution in [0.1, 0.15) is 12.5 Å². The van der Waals surface area contributed by atoms with Gasteiger partial charge < -0.3 is 14.2 Å². The third-order valence-corrected chi connectivity index (χ3v) is 4.53. The SMILES string of the molecule is COC(=O)C1=C(C)N(c2cccc(OC)c2)C(=O)/C1=C/c1ccc(OC)cc1. The molecule has 2 aromatic rings. The number of rotatable bonds is 5. The van der Waals surface area contributed by atoms with E-state index >= 15 is 0 Å². The van der Waals surface area contributed by atoms with Crippen LogP contribution in [0.25, 0.3) is 6.08 Å². The van der Waals surface area contributed by atoms with Gasteiger partial charge in [-0.25, -0.2) is 4.79 Å². The molecule has 28 heavy (non-hydrogen) atoms. The fourth-order valence-corrected chi connectivity index (χ4v) is 3.11. The maximum atomic E-state index is 13.2. The second-order valence-corrected chi connectivity index (χ2v) is 6.13. The van der Waals surface area contributed by atoms with Gasteiger partial charge in [0.25, 0.3) is 5.91 Å². The highest BCUT2D eigenvalue weighted by Gasteiger charge is 2.38. The van der Waals surface area contributed by atoms with Gasteiger partial charge in [-0.05, 0) is 42.8 Å². The fraction of sp³-hybridized carbons (Fsp3) is 0.182. The molecular weight excluding hydrogens is 358 g/mol. The van der Waals surface area contributed by atoms with Crippen LogP contribution in [-0.2, 0) is 14.3 Å². The average Bonchev–Trinajstić information content (AvgIpc) is 2.97. The summed E-state index contributed by atoms with van der Waals surface area (Å²) in [6.07, 6.45) is 1.68. The number of allylic oxidation sites excluding steroid dienone is 1. The molecule has 0 bridgehead atoms. The van der Waals surface area contributed by atoms with E-state index in [0.29, 0.717) is 22.9 Å². The first kappa shape index (κ1) is 19.2. The van der Waals surface area contributed by atoms with Crippen LogP contribution < -0.4 is 14.4 Å². The number of carbonyl (C=O) groups is 2. The van der Waals surface area contributed by atoms with Gasteiger partial charge in [-0.1, -0.05) is 18.2 Å². The molecule has 0 saturated carbocycles. The zero-order valence-electron chi connectivity index (χ0n) is 16.2. The minimum atomic E-state index is -0.559. The van der Waals surface area contributed by atoms with Crippen LogP contribution in [0.2, 0.25) is 0 Å². The van der Waals surface area contributed by atoms with E-state index in [1.165, 1.54) is 12.0 Å². The molecule has 3 rings (SSSR count). The van der Waals surface area contributed by atoms with Crippen LogP contribution in [0.4, 0.5) is 5.69 Å². The first-order valence-electron chi connectivity index (χ1n) is 8.64. The number of anilines is 1. The molecule has 1 aliphatic heterocycles. The van der Waals surface area contributed by atoms with E-state index < -0.39 is 5.97 Å². The molecule has 6 nitrogen and oxygen atoms in total. The Morgan fingerprint density at radius 1 is 0.964 bits per heavy atom. The second kappa shape index (κ2) is 8.00. The number of benzene rings is 2. The smallest absolute Gasteiger partial charge is 0.340 e. The van der Waals surface area contributed by atoms with Gasteiger partial charge in [-0.3, -0.25) is 9.69 Å². The van der Waals surface area contributed by atoms with E-state index in [0.717, 1.165) is 5.56 Å². The Morgan fingerprint density at radius 2 is 1.64 bits per heavy atom. The van der Waals surface area contributed by atoms with Crippen LogP contribution in [-0.4, -0.2) is 33.2 Å². The van der Waals surface area contributed by atoms with E-state index in [9.17, 15) is 9.59 Å². The summed E-state index contributed by atoms with van der Waals surface area (Å²) in [5.74, 6) is 0.459. The lowest BCUT2D eigenvalue weighted by Gasteiger charge is -2.18. The van der Waals surface area contributed by atoms with Gasteiger partial charge in [-0.2, -0.15) is 0 Å². The van der Waals surface area contributed by atoms with Crippen molar-refractivity contribution in [3.8, 4) is 11.5 Å². The number of carbonyl (C=O) groups excluding carboxylic acids is 2. The van der Waals surface area contributed by atoms with Crippen molar-refractivity contribution in [2.75, 3.05) is 26.2 Å². The number of hydrogen-bond donors (Lipinski definition) is 0. The highest BCUT2D eigenvalue weighted by Crippen LogP contribution is 2.36. The molecule has 6 heteroatoms. The minimum Gasteiger partial charge on any atom is -0.497 e. The lowest BCUT2D eigenvalue weighted by molar-refractivity contribution is -0.136. The van der Waals surface area contributed by atoms with Crippen LogP contribution in [0, 0.1) is 0 Å². The molecular formula is C22H21NO5. The third-order valence-electron chi connectivity index (χ3n) is 4.53. The molecule has 0 aromatic heterocycles. The number of methoxy groups -OCH3 is 3. The van der Waals surface area contributed by atoms with Crippen molar-refractivity contribution in [1.82, 2.24) is 0 Å². The fourth-order valence-electron chi connectivity index (χ4n) is 3.11. The van der Waals surface area contributed by atoms with Gasteiger partial charge in [0.05, 0.1) is 38.2 Å². The zero-order valence-corrected chi connectivity index (χ0v) is 16.2. The summed E-state index contributed by atoms with van der Waals surface area (Å²) in [5, 5.41) is 0. The van der Waals surface area contributed by atoms with Crippen molar-refractivity contribution < 1.29 is 23.8 Å². The number of hydrogen-bond acceptors (Lipinski definition) is 5. The monoisotopic (exact) mass is 379 g/mol. The minimum absolute atomic E-state index is 0.242. The maximum absolute atomic E-state index is 13.2. The standard InChI is InChI=1S/C22H21NO5/c1-14-20(22(25)28-4)19(12-15-8-10-17(26-2)11-9-15)21(24)23(14)16-6-5-7-18(13-16)27-3/h5-13H,1-4H3/b19-12+. The molecule has 0 aliphatic carbocycles. The van der Waals surface area contributed by atoms with Crippen LogP contribution >= 0.6 is 0 Å². The maximum Gasteiger partial charge on any atom is 0.340 e. The van der Waals surface area contributed by atoms with Crippen LogP contribution in [0.5, 0.6) is 11.5 Å². The summed E-state index contributed by atoms with van der Waals surface area (Å²) in [4.78, 5) is 27.1. The van der Waals surface area contributed by atoms with E-state index in [-0.39, 0.29) is 17.1 Å². The second-order valence-electron chi connectivity index (χ2n) is 6.13. The van der Waals surface area contributed by atoms with Crippen molar-refractivity contribution in [3.05, 3.63) is 70.9 Å². The average molecular weight is 379 g/mol. The summed E-state index contributed by atoms with van der Waals surface area (Å²) in [7, 11) is 4.44.